The van der Waals surface area contributed by atoms with Gasteiger partial charge in [-0.3, -0.25) is 24.1 Å². The highest BCUT2D eigenvalue weighted by Crippen LogP contribution is 2.21. The Hall–Kier alpha value is -3.05. The summed E-state index contributed by atoms with van der Waals surface area (Å²) >= 11 is 0. The molecule has 3 aliphatic rings. The highest BCUT2D eigenvalue weighted by molar-refractivity contribution is 5.99. The smallest absolute Gasteiger partial charge is 0.358 e. The van der Waals surface area contributed by atoms with Gasteiger partial charge < -0.3 is 20.0 Å². The standard InChI is InChI=1S/C20H25N3O8/c24-15(11-30-12-20(29)31-23-18(27)7-8-19(23)28)21-14-4-1-13(2-5-14)3-6-16(25)22-10-9-17(22)26/h1,4-5,13,18,27H,2-3,6-12H2,(H,21,24). The van der Waals surface area contributed by atoms with Crippen molar-refractivity contribution in [3.05, 3.63) is 23.9 Å². The number of nitrogens with zero attached hydrogens (tertiary/aromatic N) is 2. The molecule has 0 aromatic heterocycles. The van der Waals surface area contributed by atoms with Gasteiger partial charge in [-0.05, 0) is 24.8 Å². The molecule has 0 radical (unpaired) electrons. The molecule has 11 nitrogen and oxygen atoms in total. The van der Waals surface area contributed by atoms with Crippen LogP contribution in [0.3, 0.4) is 0 Å². The van der Waals surface area contributed by atoms with Crippen LogP contribution in [0.2, 0.25) is 0 Å². The Labute approximate surface area is 178 Å². The van der Waals surface area contributed by atoms with Crippen LogP contribution in [0.1, 0.15) is 38.5 Å². The van der Waals surface area contributed by atoms with E-state index in [0.717, 1.165) is 0 Å². The summed E-state index contributed by atoms with van der Waals surface area (Å²) in [4.78, 5) is 64.1. The van der Waals surface area contributed by atoms with Crippen molar-refractivity contribution in [3.63, 3.8) is 0 Å². The van der Waals surface area contributed by atoms with Crippen molar-refractivity contribution in [1.29, 1.82) is 0 Å². The first-order chi connectivity index (χ1) is 14.8. The normalized spacial score (nSPS) is 22.8. The molecule has 0 aromatic carbocycles. The van der Waals surface area contributed by atoms with E-state index in [4.69, 9.17) is 9.57 Å². The minimum Gasteiger partial charge on any atom is -0.370 e. The fourth-order valence-electron chi connectivity index (χ4n) is 3.31. The molecule has 3 rings (SSSR count). The maximum absolute atomic E-state index is 11.9. The van der Waals surface area contributed by atoms with E-state index in [0.29, 0.717) is 43.0 Å². The average Bonchev–Trinajstić information content (AvgIpc) is 3.04. The van der Waals surface area contributed by atoms with Crippen LogP contribution < -0.4 is 5.32 Å². The monoisotopic (exact) mass is 435 g/mol. The molecule has 2 saturated heterocycles. The van der Waals surface area contributed by atoms with Gasteiger partial charge in [0.1, 0.15) is 13.2 Å². The third-order valence-corrected chi connectivity index (χ3v) is 5.14. The average molecular weight is 435 g/mol. The zero-order chi connectivity index (χ0) is 22.4. The maximum atomic E-state index is 11.9. The minimum absolute atomic E-state index is 0.0929. The SMILES string of the molecule is O=C(COCC(=O)ON1C(=O)CCC1O)NC1=CCC(CCC(=O)N2CCC2=O)C=C1. The number of nitrogens with one attached hydrogen (secondary N) is 1. The molecule has 2 atom stereocenters. The van der Waals surface area contributed by atoms with Crippen LogP contribution in [0.25, 0.3) is 0 Å². The quantitative estimate of drug-likeness (QED) is 0.462. The summed E-state index contributed by atoms with van der Waals surface area (Å²) in [7, 11) is 0. The van der Waals surface area contributed by atoms with Crippen molar-refractivity contribution in [2.24, 2.45) is 5.92 Å². The van der Waals surface area contributed by atoms with Gasteiger partial charge in [0.05, 0.1) is 0 Å². The molecule has 1 aliphatic carbocycles. The highest BCUT2D eigenvalue weighted by Gasteiger charge is 2.33. The van der Waals surface area contributed by atoms with Crippen LogP contribution in [-0.2, 0) is 33.5 Å². The topological polar surface area (TPSA) is 143 Å². The molecule has 168 valence electrons. The summed E-state index contributed by atoms with van der Waals surface area (Å²) in [6, 6.07) is 0. The third-order valence-electron chi connectivity index (χ3n) is 5.14. The van der Waals surface area contributed by atoms with Crippen LogP contribution in [0, 0.1) is 5.92 Å². The van der Waals surface area contributed by atoms with Gasteiger partial charge in [-0.1, -0.05) is 12.2 Å². The van der Waals surface area contributed by atoms with Crippen molar-refractivity contribution < 1.29 is 38.7 Å². The van der Waals surface area contributed by atoms with Crippen molar-refractivity contribution in [2.75, 3.05) is 19.8 Å². The van der Waals surface area contributed by atoms with Crippen molar-refractivity contribution >= 4 is 29.6 Å². The number of allylic oxidation sites excluding steroid dienone is 3. The lowest BCUT2D eigenvalue weighted by molar-refractivity contribution is -0.223. The molecule has 2 unspecified atom stereocenters. The van der Waals surface area contributed by atoms with E-state index in [-0.39, 0.29) is 30.6 Å². The first kappa shape index (κ1) is 22.6. The summed E-state index contributed by atoms with van der Waals surface area (Å²) in [5.74, 6) is -1.97. The van der Waals surface area contributed by atoms with Crippen LogP contribution in [-0.4, -0.2) is 70.7 Å². The largest absolute Gasteiger partial charge is 0.370 e. The molecular weight excluding hydrogens is 410 g/mol. The van der Waals surface area contributed by atoms with Gasteiger partial charge in [0, 0.05) is 37.9 Å². The summed E-state index contributed by atoms with van der Waals surface area (Å²) in [5.41, 5.74) is 0.586. The number of hydroxylamine groups is 2. The number of ether oxygens (including phenoxy) is 1. The number of hydrogen-bond acceptors (Lipinski definition) is 8. The van der Waals surface area contributed by atoms with Crippen molar-refractivity contribution in [2.45, 2.75) is 44.8 Å². The zero-order valence-electron chi connectivity index (χ0n) is 17.0. The van der Waals surface area contributed by atoms with E-state index in [1.165, 1.54) is 4.90 Å². The van der Waals surface area contributed by atoms with Gasteiger partial charge >= 0.3 is 5.97 Å². The summed E-state index contributed by atoms with van der Waals surface area (Å²) in [6.07, 6.45) is 6.59. The number of β-lactam (4-membered cyclic amide) rings is 1. The number of hydrogen-bond donors (Lipinski definition) is 2. The molecule has 4 amide bonds. The van der Waals surface area contributed by atoms with Gasteiger partial charge in [-0.15, -0.1) is 5.06 Å². The van der Waals surface area contributed by atoms with Gasteiger partial charge in [-0.2, -0.15) is 0 Å². The molecule has 0 spiro atoms. The Morgan fingerprint density at radius 1 is 1.16 bits per heavy atom. The minimum atomic E-state index is -1.16. The van der Waals surface area contributed by atoms with Crippen LogP contribution >= 0.6 is 0 Å². The van der Waals surface area contributed by atoms with E-state index in [1.54, 1.807) is 6.08 Å². The first-order valence-corrected chi connectivity index (χ1v) is 10.1. The predicted molar refractivity (Wildman–Crippen MR) is 103 cm³/mol. The highest BCUT2D eigenvalue weighted by atomic mass is 16.7. The third kappa shape index (κ3) is 6.22. The number of aliphatic hydroxyl groups is 1. The Bertz CT molecular complexity index is 821. The maximum Gasteiger partial charge on any atom is 0.358 e. The Morgan fingerprint density at radius 2 is 1.97 bits per heavy atom. The predicted octanol–water partition coefficient (Wildman–Crippen LogP) is -0.483. The van der Waals surface area contributed by atoms with Crippen LogP contribution in [0.5, 0.6) is 0 Å². The molecule has 11 heteroatoms. The zero-order valence-corrected chi connectivity index (χ0v) is 17.0. The van der Waals surface area contributed by atoms with E-state index in [1.807, 2.05) is 12.2 Å². The number of rotatable bonds is 9. The molecule has 2 aliphatic heterocycles. The van der Waals surface area contributed by atoms with Crippen molar-refractivity contribution in [3.8, 4) is 0 Å². The summed E-state index contributed by atoms with van der Waals surface area (Å²) in [6.45, 7) is -0.431. The molecule has 0 aromatic rings. The summed E-state index contributed by atoms with van der Waals surface area (Å²) in [5, 5.41) is 12.8. The van der Waals surface area contributed by atoms with E-state index in [9.17, 15) is 29.1 Å². The molecule has 2 heterocycles. The Morgan fingerprint density at radius 3 is 2.55 bits per heavy atom. The Kier molecular flexibility index (Phi) is 7.53. The van der Waals surface area contributed by atoms with E-state index in [2.05, 4.69) is 5.32 Å². The number of aliphatic hydroxyl groups excluding tert-OH is 1. The second-order valence-electron chi connectivity index (χ2n) is 7.49. The number of imide groups is 1. The van der Waals surface area contributed by atoms with E-state index >= 15 is 0 Å². The van der Waals surface area contributed by atoms with Gasteiger partial charge in [0.2, 0.25) is 17.7 Å². The van der Waals surface area contributed by atoms with Crippen LogP contribution in [0.4, 0.5) is 0 Å². The lowest BCUT2D eigenvalue weighted by atomic mass is 9.94. The fourth-order valence-corrected chi connectivity index (χ4v) is 3.31. The van der Waals surface area contributed by atoms with Crippen LogP contribution in [0.15, 0.2) is 23.9 Å². The molecule has 0 saturated carbocycles. The lowest BCUT2D eigenvalue weighted by Gasteiger charge is -2.29. The molecule has 2 fully saturated rings. The number of carbonyl (C=O) groups is 5. The second kappa shape index (κ2) is 10.3. The molecule has 31 heavy (non-hydrogen) atoms. The van der Waals surface area contributed by atoms with Crippen molar-refractivity contribution in [1.82, 2.24) is 15.3 Å². The number of carbonyl (C=O) groups excluding carboxylic acids is 5. The number of amides is 4. The molecule has 0 bridgehead atoms. The Balaban J connectivity index is 1.29. The number of likely N-dealkylation sites (tertiary alicyclic amines) is 1. The first-order valence-electron chi connectivity index (χ1n) is 10.1. The molecule has 2 N–H and O–H groups in total. The summed E-state index contributed by atoms with van der Waals surface area (Å²) < 4.78 is 4.99. The fraction of sp³-hybridized carbons (Fsp3) is 0.550. The lowest BCUT2D eigenvalue weighted by Crippen LogP contribution is -2.47. The van der Waals surface area contributed by atoms with Gasteiger partial charge in [0.15, 0.2) is 6.23 Å². The molecular formula is C20H25N3O8. The second-order valence-corrected chi connectivity index (χ2v) is 7.49. The van der Waals surface area contributed by atoms with E-state index < -0.39 is 37.2 Å². The van der Waals surface area contributed by atoms with Gasteiger partial charge in [0.25, 0.3) is 5.91 Å². The van der Waals surface area contributed by atoms with Gasteiger partial charge in [-0.25, -0.2) is 4.79 Å².